The lowest BCUT2D eigenvalue weighted by Gasteiger charge is -2.34. The van der Waals surface area contributed by atoms with Gasteiger partial charge in [-0.25, -0.2) is 4.98 Å². The second-order valence-electron chi connectivity index (χ2n) is 7.00. The number of hydrogen-bond donors (Lipinski definition) is 3. The second kappa shape index (κ2) is 9.07. The fourth-order valence-corrected chi connectivity index (χ4v) is 2.98. The van der Waals surface area contributed by atoms with Crippen molar-refractivity contribution in [1.29, 1.82) is 0 Å². The molecule has 152 valence electrons. The number of aliphatic hydroxyl groups excluding tert-OH is 1. The molecule has 3 rings (SSSR count). The Labute approximate surface area is 165 Å². The number of benzene rings is 1. The van der Waals surface area contributed by atoms with Crippen LogP contribution < -0.4 is 20.1 Å². The Kier molecular flexibility index (Phi) is 6.53. The van der Waals surface area contributed by atoms with Crippen LogP contribution in [-0.2, 0) is 0 Å². The SMILES string of the molecule is CNc1cc(C)nc(Nc2ccc(OC)c(O[C@H](C)[C@@H](O)CN3CCC3)c2)n1. The maximum atomic E-state index is 10.4. The van der Waals surface area contributed by atoms with E-state index in [1.54, 1.807) is 7.11 Å². The summed E-state index contributed by atoms with van der Waals surface area (Å²) < 4.78 is 11.4. The molecule has 1 aromatic heterocycles. The average Bonchev–Trinajstić information content (AvgIpc) is 2.64. The summed E-state index contributed by atoms with van der Waals surface area (Å²) >= 11 is 0. The van der Waals surface area contributed by atoms with Gasteiger partial charge in [-0.2, -0.15) is 4.98 Å². The van der Waals surface area contributed by atoms with Crippen molar-refractivity contribution in [2.24, 2.45) is 0 Å². The van der Waals surface area contributed by atoms with Crippen molar-refractivity contribution in [3.05, 3.63) is 30.0 Å². The highest BCUT2D eigenvalue weighted by Gasteiger charge is 2.23. The van der Waals surface area contributed by atoms with Crippen molar-refractivity contribution >= 4 is 17.5 Å². The average molecular weight is 387 g/mol. The normalized spacial score (nSPS) is 16.0. The monoisotopic (exact) mass is 387 g/mol. The van der Waals surface area contributed by atoms with Crippen molar-refractivity contribution in [2.75, 3.05) is 44.4 Å². The Morgan fingerprint density at radius 3 is 2.64 bits per heavy atom. The lowest BCUT2D eigenvalue weighted by Crippen LogP contribution is -2.46. The molecule has 1 fully saturated rings. The highest BCUT2D eigenvalue weighted by atomic mass is 16.5. The van der Waals surface area contributed by atoms with Gasteiger partial charge in [0.25, 0.3) is 0 Å². The minimum absolute atomic E-state index is 0.365. The summed E-state index contributed by atoms with van der Waals surface area (Å²) in [6.07, 6.45) is 0.260. The largest absolute Gasteiger partial charge is 0.493 e. The van der Waals surface area contributed by atoms with E-state index in [-0.39, 0.29) is 6.10 Å². The zero-order valence-electron chi connectivity index (χ0n) is 16.9. The molecule has 0 spiro atoms. The number of ether oxygens (including phenoxy) is 2. The van der Waals surface area contributed by atoms with Crippen LogP contribution in [0.15, 0.2) is 24.3 Å². The summed E-state index contributed by atoms with van der Waals surface area (Å²) in [7, 11) is 3.41. The van der Waals surface area contributed by atoms with Crippen LogP contribution in [0.2, 0.25) is 0 Å². The molecule has 8 heteroatoms. The summed E-state index contributed by atoms with van der Waals surface area (Å²) in [6, 6.07) is 7.39. The lowest BCUT2D eigenvalue weighted by atomic mass is 10.1. The van der Waals surface area contributed by atoms with E-state index in [0.717, 1.165) is 30.3 Å². The molecule has 0 bridgehead atoms. The third kappa shape index (κ3) is 5.02. The molecule has 1 aliphatic heterocycles. The maximum absolute atomic E-state index is 10.4. The minimum atomic E-state index is -0.570. The van der Waals surface area contributed by atoms with Crippen molar-refractivity contribution in [3.63, 3.8) is 0 Å². The van der Waals surface area contributed by atoms with Gasteiger partial charge in [-0.3, -0.25) is 0 Å². The van der Waals surface area contributed by atoms with Crippen LogP contribution in [0, 0.1) is 6.92 Å². The van der Waals surface area contributed by atoms with E-state index in [1.165, 1.54) is 6.42 Å². The van der Waals surface area contributed by atoms with E-state index in [9.17, 15) is 5.11 Å². The highest BCUT2D eigenvalue weighted by Crippen LogP contribution is 2.32. The molecule has 1 saturated heterocycles. The predicted molar refractivity (Wildman–Crippen MR) is 110 cm³/mol. The van der Waals surface area contributed by atoms with Crippen molar-refractivity contribution in [3.8, 4) is 11.5 Å². The summed E-state index contributed by atoms with van der Waals surface area (Å²) in [5, 5.41) is 16.6. The Hall–Kier alpha value is -2.58. The molecule has 2 aromatic rings. The molecular weight excluding hydrogens is 358 g/mol. The zero-order valence-corrected chi connectivity index (χ0v) is 16.9. The van der Waals surface area contributed by atoms with E-state index < -0.39 is 6.10 Å². The Bertz CT molecular complexity index is 797. The highest BCUT2D eigenvalue weighted by molar-refractivity contribution is 5.60. The van der Waals surface area contributed by atoms with E-state index in [4.69, 9.17) is 9.47 Å². The van der Waals surface area contributed by atoms with Crippen LogP contribution in [-0.4, -0.2) is 66.0 Å². The number of aromatic nitrogens is 2. The molecule has 0 amide bonds. The van der Waals surface area contributed by atoms with Gasteiger partial charge in [-0.05, 0) is 45.5 Å². The molecule has 0 radical (unpaired) electrons. The zero-order chi connectivity index (χ0) is 20.1. The minimum Gasteiger partial charge on any atom is -0.493 e. The topological polar surface area (TPSA) is 91.8 Å². The van der Waals surface area contributed by atoms with Crippen molar-refractivity contribution < 1.29 is 14.6 Å². The van der Waals surface area contributed by atoms with E-state index >= 15 is 0 Å². The Morgan fingerprint density at radius 1 is 1.21 bits per heavy atom. The Morgan fingerprint density at radius 2 is 2.00 bits per heavy atom. The van der Waals surface area contributed by atoms with Gasteiger partial charge in [-0.1, -0.05) is 0 Å². The van der Waals surface area contributed by atoms with Crippen LogP contribution in [0.4, 0.5) is 17.5 Å². The van der Waals surface area contributed by atoms with Crippen LogP contribution in [0.3, 0.4) is 0 Å². The quantitative estimate of drug-likeness (QED) is 0.604. The summed E-state index contributed by atoms with van der Waals surface area (Å²) in [4.78, 5) is 11.0. The Balaban J connectivity index is 1.73. The number of aryl methyl sites for hydroxylation is 1. The summed E-state index contributed by atoms with van der Waals surface area (Å²) in [6.45, 7) is 6.48. The van der Waals surface area contributed by atoms with Gasteiger partial charge in [0.1, 0.15) is 18.0 Å². The van der Waals surface area contributed by atoms with Gasteiger partial charge < -0.3 is 30.1 Å². The number of hydrogen-bond acceptors (Lipinski definition) is 8. The number of rotatable bonds is 9. The molecule has 28 heavy (non-hydrogen) atoms. The molecule has 0 aliphatic carbocycles. The van der Waals surface area contributed by atoms with Crippen LogP contribution in [0.1, 0.15) is 19.0 Å². The molecular formula is C20H29N5O3. The standard InChI is InChI=1S/C20H29N5O3/c1-13-10-19(21-3)24-20(22-13)23-15-6-7-17(27-4)18(11-15)28-14(2)16(26)12-25-8-5-9-25/h6-7,10-11,14,16,26H,5,8-9,12H2,1-4H3,(H2,21,22,23,24)/t14-,16+/m1/s1. The van der Waals surface area contributed by atoms with Crippen molar-refractivity contribution in [1.82, 2.24) is 14.9 Å². The first kappa shape index (κ1) is 20.2. The lowest BCUT2D eigenvalue weighted by molar-refractivity contribution is 0.00599. The summed E-state index contributed by atoms with van der Waals surface area (Å²) in [5.41, 5.74) is 1.63. The molecule has 1 aliphatic rings. The molecule has 1 aromatic carbocycles. The first-order valence-corrected chi connectivity index (χ1v) is 9.54. The number of methoxy groups -OCH3 is 1. The maximum Gasteiger partial charge on any atom is 0.229 e. The first-order chi connectivity index (χ1) is 13.5. The first-order valence-electron chi connectivity index (χ1n) is 9.54. The third-order valence-corrected chi connectivity index (χ3v) is 4.78. The number of nitrogens with one attached hydrogen (secondary N) is 2. The number of likely N-dealkylation sites (tertiary alicyclic amines) is 1. The fraction of sp³-hybridized carbons (Fsp3) is 0.500. The molecule has 0 unspecified atom stereocenters. The molecule has 2 heterocycles. The third-order valence-electron chi connectivity index (χ3n) is 4.78. The van der Waals surface area contributed by atoms with Gasteiger partial charge in [-0.15, -0.1) is 0 Å². The van der Waals surface area contributed by atoms with Gasteiger partial charge in [0, 0.05) is 37.1 Å². The van der Waals surface area contributed by atoms with Crippen LogP contribution in [0.5, 0.6) is 11.5 Å². The van der Waals surface area contributed by atoms with E-state index in [2.05, 4.69) is 25.5 Å². The van der Waals surface area contributed by atoms with Gasteiger partial charge in [0.2, 0.25) is 5.95 Å². The molecule has 3 N–H and O–H groups in total. The second-order valence-corrected chi connectivity index (χ2v) is 7.00. The van der Waals surface area contributed by atoms with Crippen LogP contribution in [0.25, 0.3) is 0 Å². The van der Waals surface area contributed by atoms with Crippen LogP contribution >= 0.6 is 0 Å². The van der Waals surface area contributed by atoms with Gasteiger partial charge in [0.05, 0.1) is 7.11 Å². The number of anilines is 3. The van der Waals surface area contributed by atoms with E-state index in [1.807, 2.05) is 45.2 Å². The molecule has 8 nitrogen and oxygen atoms in total. The molecule has 2 atom stereocenters. The van der Waals surface area contributed by atoms with Crippen molar-refractivity contribution in [2.45, 2.75) is 32.5 Å². The summed E-state index contributed by atoms with van der Waals surface area (Å²) in [5.74, 6) is 2.40. The fourth-order valence-electron chi connectivity index (χ4n) is 2.98. The molecule has 0 saturated carbocycles. The van der Waals surface area contributed by atoms with E-state index in [0.29, 0.717) is 24.0 Å². The number of β-amino-alcohol motifs (C(OH)–C–C–N with tert-alkyl or cyclic N) is 1. The van der Waals surface area contributed by atoms with Gasteiger partial charge in [0.15, 0.2) is 11.5 Å². The smallest absolute Gasteiger partial charge is 0.229 e. The van der Waals surface area contributed by atoms with Gasteiger partial charge >= 0.3 is 0 Å². The predicted octanol–water partition coefficient (Wildman–Crippen LogP) is 2.41. The number of aliphatic hydroxyl groups is 1. The number of nitrogens with zero attached hydrogens (tertiary/aromatic N) is 3.